The van der Waals surface area contributed by atoms with Crippen LogP contribution >= 0.6 is 0 Å². The summed E-state index contributed by atoms with van der Waals surface area (Å²) < 4.78 is 10.7. The van der Waals surface area contributed by atoms with E-state index in [0.717, 1.165) is 0 Å². The smallest absolute Gasteiger partial charge is 0.290 e. The molecule has 2 aromatic rings. The Kier molecular flexibility index (Phi) is 3.28. The number of ether oxygens (including phenoxy) is 1. The van der Waals surface area contributed by atoms with Crippen molar-refractivity contribution in [3.63, 3.8) is 0 Å². The zero-order chi connectivity index (χ0) is 12.3. The molecule has 0 unspecified atom stereocenters. The lowest BCUT2D eigenvalue weighted by Crippen LogP contribution is -1.88. The van der Waals surface area contributed by atoms with E-state index in [-0.39, 0.29) is 5.76 Å². The first-order valence-electron chi connectivity index (χ1n) is 5.52. The fourth-order valence-corrected chi connectivity index (χ4v) is 1.51. The van der Waals surface area contributed by atoms with E-state index in [1.54, 1.807) is 12.1 Å². The van der Waals surface area contributed by atoms with Crippen molar-refractivity contribution in [1.29, 1.82) is 0 Å². The number of aldehydes is 1. The van der Waals surface area contributed by atoms with Crippen LogP contribution in [-0.2, 0) is 0 Å². The SMILES string of the molecule is CC(C)c1cccc(Oc2ccc(C=O)o2)c1. The third kappa shape index (κ3) is 2.75. The molecule has 1 heterocycles. The van der Waals surface area contributed by atoms with Gasteiger partial charge >= 0.3 is 0 Å². The van der Waals surface area contributed by atoms with Gasteiger partial charge in [0.2, 0.25) is 0 Å². The van der Waals surface area contributed by atoms with Gasteiger partial charge in [-0.2, -0.15) is 0 Å². The molecule has 0 amide bonds. The zero-order valence-corrected chi connectivity index (χ0v) is 9.84. The minimum absolute atomic E-state index is 0.264. The first kappa shape index (κ1) is 11.5. The van der Waals surface area contributed by atoms with E-state index in [0.29, 0.717) is 23.9 Å². The van der Waals surface area contributed by atoms with Gasteiger partial charge in [0.25, 0.3) is 5.95 Å². The number of carbonyl (C=O) groups excluding carboxylic acids is 1. The summed E-state index contributed by atoms with van der Waals surface area (Å²) in [5, 5.41) is 0. The van der Waals surface area contributed by atoms with E-state index >= 15 is 0 Å². The van der Waals surface area contributed by atoms with Crippen molar-refractivity contribution in [1.82, 2.24) is 0 Å². The van der Waals surface area contributed by atoms with Gasteiger partial charge in [0.15, 0.2) is 12.0 Å². The predicted molar refractivity (Wildman–Crippen MR) is 64.7 cm³/mol. The molecule has 0 aliphatic rings. The Labute approximate surface area is 100 Å². The summed E-state index contributed by atoms with van der Waals surface area (Å²) in [6.07, 6.45) is 0.650. The number of carbonyl (C=O) groups is 1. The Balaban J connectivity index is 2.17. The standard InChI is InChI=1S/C14H14O3/c1-10(2)11-4-3-5-12(8-11)16-14-7-6-13(9-15)17-14/h3-10H,1-2H3. The fraction of sp³-hybridized carbons (Fsp3) is 0.214. The third-order valence-corrected chi connectivity index (χ3v) is 2.46. The van der Waals surface area contributed by atoms with Gasteiger partial charge in [0.05, 0.1) is 0 Å². The Morgan fingerprint density at radius 2 is 2.06 bits per heavy atom. The summed E-state index contributed by atoms with van der Waals surface area (Å²) in [5.74, 6) is 1.75. The fourth-order valence-electron chi connectivity index (χ4n) is 1.51. The first-order valence-corrected chi connectivity index (χ1v) is 5.52. The molecule has 0 radical (unpaired) electrons. The molecule has 1 aromatic heterocycles. The number of benzene rings is 1. The topological polar surface area (TPSA) is 39.4 Å². The second-order valence-corrected chi connectivity index (χ2v) is 4.10. The Morgan fingerprint density at radius 1 is 1.24 bits per heavy atom. The molecule has 0 saturated carbocycles. The number of furan rings is 1. The van der Waals surface area contributed by atoms with Crippen molar-refractivity contribution < 1.29 is 13.9 Å². The summed E-state index contributed by atoms with van der Waals surface area (Å²) in [4.78, 5) is 10.5. The molecule has 2 rings (SSSR count). The van der Waals surface area contributed by atoms with Crippen molar-refractivity contribution >= 4 is 6.29 Å². The normalized spacial score (nSPS) is 10.5. The van der Waals surface area contributed by atoms with E-state index in [9.17, 15) is 4.79 Å². The minimum atomic E-state index is 0.264. The van der Waals surface area contributed by atoms with Crippen molar-refractivity contribution in [3.8, 4) is 11.7 Å². The molecule has 0 spiro atoms. The average Bonchev–Trinajstić information content (AvgIpc) is 2.77. The van der Waals surface area contributed by atoms with E-state index in [1.165, 1.54) is 5.56 Å². The highest BCUT2D eigenvalue weighted by Gasteiger charge is 2.05. The van der Waals surface area contributed by atoms with Crippen LogP contribution in [0.15, 0.2) is 40.8 Å². The Morgan fingerprint density at radius 3 is 2.71 bits per heavy atom. The van der Waals surface area contributed by atoms with Crippen LogP contribution in [0.25, 0.3) is 0 Å². The number of hydrogen-bond acceptors (Lipinski definition) is 3. The quantitative estimate of drug-likeness (QED) is 0.745. The molecular weight excluding hydrogens is 216 g/mol. The third-order valence-electron chi connectivity index (χ3n) is 2.46. The van der Waals surface area contributed by atoms with Crippen LogP contribution in [0.1, 0.15) is 35.9 Å². The lowest BCUT2D eigenvalue weighted by molar-refractivity contribution is 0.109. The van der Waals surface area contributed by atoms with Crippen molar-refractivity contribution in [2.45, 2.75) is 19.8 Å². The molecule has 3 heteroatoms. The maximum atomic E-state index is 10.5. The van der Waals surface area contributed by atoms with Gasteiger partial charge in [-0.25, -0.2) is 0 Å². The molecule has 0 atom stereocenters. The van der Waals surface area contributed by atoms with Gasteiger partial charge in [0.1, 0.15) is 5.75 Å². The Hall–Kier alpha value is -2.03. The molecule has 17 heavy (non-hydrogen) atoms. The lowest BCUT2D eigenvalue weighted by Gasteiger charge is -2.07. The molecule has 0 saturated heterocycles. The predicted octanol–water partition coefficient (Wildman–Crippen LogP) is 4.01. The van der Waals surface area contributed by atoms with Gasteiger partial charge in [0, 0.05) is 6.07 Å². The summed E-state index contributed by atoms with van der Waals surface area (Å²) in [5.41, 5.74) is 1.20. The summed E-state index contributed by atoms with van der Waals surface area (Å²) >= 11 is 0. The monoisotopic (exact) mass is 230 g/mol. The highest BCUT2D eigenvalue weighted by atomic mass is 16.6. The summed E-state index contributed by atoms with van der Waals surface area (Å²) in [7, 11) is 0. The van der Waals surface area contributed by atoms with E-state index in [4.69, 9.17) is 9.15 Å². The van der Waals surface area contributed by atoms with Gasteiger partial charge < -0.3 is 9.15 Å². The maximum absolute atomic E-state index is 10.5. The molecule has 88 valence electrons. The van der Waals surface area contributed by atoms with E-state index in [2.05, 4.69) is 19.9 Å². The Bertz CT molecular complexity index is 512. The number of hydrogen-bond donors (Lipinski definition) is 0. The second-order valence-electron chi connectivity index (χ2n) is 4.10. The second kappa shape index (κ2) is 4.87. The molecule has 1 aromatic carbocycles. The summed E-state index contributed by atoms with van der Waals surface area (Å²) in [6, 6.07) is 11.0. The van der Waals surface area contributed by atoms with Crippen LogP contribution in [0.4, 0.5) is 0 Å². The van der Waals surface area contributed by atoms with Crippen LogP contribution in [0.5, 0.6) is 11.7 Å². The number of rotatable bonds is 4. The maximum Gasteiger partial charge on any atom is 0.290 e. The first-order chi connectivity index (χ1) is 8.19. The molecule has 0 aliphatic heterocycles. The van der Waals surface area contributed by atoms with Crippen LogP contribution in [0, 0.1) is 0 Å². The molecule has 0 fully saturated rings. The van der Waals surface area contributed by atoms with Crippen LogP contribution in [0.3, 0.4) is 0 Å². The van der Waals surface area contributed by atoms with Gasteiger partial charge in [-0.15, -0.1) is 0 Å². The van der Waals surface area contributed by atoms with E-state index in [1.807, 2.05) is 18.2 Å². The van der Waals surface area contributed by atoms with Gasteiger partial charge in [-0.05, 0) is 29.7 Å². The molecule has 0 bridgehead atoms. The molecule has 0 N–H and O–H groups in total. The highest BCUT2D eigenvalue weighted by molar-refractivity contribution is 5.70. The molecule has 3 nitrogen and oxygen atoms in total. The average molecular weight is 230 g/mol. The van der Waals surface area contributed by atoms with Gasteiger partial charge in [-0.1, -0.05) is 26.0 Å². The lowest BCUT2D eigenvalue weighted by atomic mass is 10.0. The van der Waals surface area contributed by atoms with E-state index < -0.39 is 0 Å². The van der Waals surface area contributed by atoms with Crippen LogP contribution in [0.2, 0.25) is 0 Å². The van der Waals surface area contributed by atoms with Gasteiger partial charge in [-0.3, -0.25) is 4.79 Å². The van der Waals surface area contributed by atoms with Crippen molar-refractivity contribution in [2.24, 2.45) is 0 Å². The van der Waals surface area contributed by atoms with Crippen molar-refractivity contribution in [2.75, 3.05) is 0 Å². The zero-order valence-electron chi connectivity index (χ0n) is 9.84. The summed E-state index contributed by atoms with van der Waals surface area (Å²) in [6.45, 7) is 4.24. The molecular formula is C14H14O3. The minimum Gasteiger partial charge on any atom is -0.426 e. The van der Waals surface area contributed by atoms with Crippen LogP contribution in [-0.4, -0.2) is 6.29 Å². The van der Waals surface area contributed by atoms with Crippen molar-refractivity contribution in [3.05, 3.63) is 47.7 Å². The van der Waals surface area contributed by atoms with Crippen LogP contribution < -0.4 is 4.74 Å². The highest BCUT2D eigenvalue weighted by Crippen LogP contribution is 2.26. The largest absolute Gasteiger partial charge is 0.426 e. The molecule has 0 aliphatic carbocycles.